The highest BCUT2D eigenvalue weighted by molar-refractivity contribution is 5.78. The molecule has 3 N–H and O–H groups in total. The smallest absolute Gasteiger partial charge is 0.312 e. The normalized spacial score (nSPS) is 48.6. The molecule has 10 nitrogen and oxygen atoms in total. The highest BCUT2D eigenvalue weighted by Gasteiger charge is 2.55. The van der Waals surface area contributed by atoms with Gasteiger partial charge in [-0.25, -0.2) is 0 Å². The van der Waals surface area contributed by atoms with Gasteiger partial charge in [0.1, 0.15) is 13.2 Å². The highest BCUT2D eigenvalue weighted by Crippen LogP contribution is 2.55. The van der Waals surface area contributed by atoms with E-state index in [-0.39, 0.29) is 44.3 Å². The Morgan fingerprint density at radius 2 is 1.19 bits per heavy atom. The summed E-state index contributed by atoms with van der Waals surface area (Å²) in [5.74, 6) is 0.324. The van der Waals surface area contributed by atoms with Gasteiger partial charge < -0.3 is 34.3 Å². The van der Waals surface area contributed by atoms with Crippen LogP contribution in [0.4, 0.5) is 0 Å². The summed E-state index contributed by atoms with van der Waals surface area (Å²) in [5.41, 5.74) is -3.08. The minimum absolute atomic E-state index is 0.0380. The maximum atomic E-state index is 13.9. The molecule has 6 aliphatic carbocycles. The zero-order valence-corrected chi connectivity index (χ0v) is 29.0. The first-order chi connectivity index (χ1) is 22.8. The van der Waals surface area contributed by atoms with Crippen LogP contribution in [0.25, 0.3) is 0 Å². The third-order valence-corrected chi connectivity index (χ3v) is 13.8. The summed E-state index contributed by atoms with van der Waals surface area (Å²) in [6.45, 7) is 4.57. The van der Waals surface area contributed by atoms with Crippen LogP contribution in [0.3, 0.4) is 0 Å². The van der Waals surface area contributed by atoms with E-state index in [1.165, 1.54) is 0 Å². The molecule has 6 saturated carbocycles. The second-order valence-electron chi connectivity index (χ2n) is 18.4. The fraction of sp³-hybridized carbons (Fsp3) is 0.921. The fourth-order valence-corrected chi connectivity index (χ4v) is 12.3. The molecular weight excluding hydrogens is 616 g/mol. The molecule has 7 fully saturated rings. The van der Waals surface area contributed by atoms with Gasteiger partial charge in [0.15, 0.2) is 6.29 Å². The van der Waals surface area contributed by atoms with Crippen molar-refractivity contribution in [3.8, 4) is 0 Å². The molecule has 7 rings (SSSR count). The van der Waals surface area contributed by atoms with Crippen molar-refractivity contribution in [2.24, 2.45) is 57.2 Å². The minimum atomic E-state index is -0.927. The number of esters is 2. The number of hydrogen-bond acceptors (Lipinski definition) is 9. The number of rotatable bonds is 8. The number of carbonyl (C=O) groups excluding carboxylic acids is 2. The van der Waals surface area contributed by atoms with E-state index in [0.717, 1.165) is 57.8 Å². The largest absolute Gasteiger partial charge is 0.481 e. The number of aliphatic hydroxyl groups is 2. The highest BCUT2D eigenvalue weighted by atomic mass is 16.7. The van der Waals surface area contributed by atoms with Crippen LogP contribution in [-0.2, 0) is 33.3 Å². The molecule has 11 unspecified atom stereocenters. The lowest BCUT2D eigenvalue weighted by atomic mass is 9.58. The molecule has 1 aliphatic heterocycles. The maximum Gasteiger partial charge on any atom is 0.312 e. The summed E-state index contributed by atoms with van der Waals surface area (Å²) >= 11 is 0. The molecule has 0 aromatic rings. The van der Waals surface area contributed by atoms with E-state index in [4.69, 9.17) is 18.9 Å². The first kappa shape index (κ1) is 34.7. The van der Waals surface area contributed by atoms with Crippen LogP contribution in [0.5, 0.6) is 0 Å². The van der Waals surface area contributed by atoms with Gasteiger partial charge in [0, 0.05) is 5.92 Å². The van der Waals surface area contributed by atoms with Crippen LogP contribution in [0.2, 0.25) is 0 Å². The Morgan fingerprint density at radius 3 is 1.71 bits per heavy atom. The summed E-state index contributed by atoms with van der Waals surface area (Å²) < 4.78 is 25.2. The Morgan fingerprint density at radius 1 is 0.667 bits per heavy atom. The van der Waals surface area contributed by atoms with Gasteiger partial charge in [-0.2, -0.15) is 0 Å². The lowest BCUT2D eigenvalue weighted by Gasteiger charge is -2.50. The predicted molar refractivity (Wildman–Crippen MR) is 173 cm³/mol. The number of aliphatic carboxylic acids is 1. The van der Waals surface area contributed by atoms with Crippen molar-refractivity contribution < 1.29 is 48.7 Å². The molecule has 48 heavy (non-hydrogen) atoms. The standard InChI is InChI=1S/C38H58O10/c1-23-6-26-9-29(39)17-37(11-23,14-26)33(43)47-21-35(22-48-34(44)38-12-24(2)7-27(15-38)10-30(40)18-38)19-45-31(46-20-35)28-8-25-4-3-5-36(13-25,16-28)32(41)42/h23-31,39-40H,3-22H2,1-2H3,(H,41,42). The van der Waals surface area contributed by atoms with Gasteiger partial charge in [-0.3, -0.25) is 14.4 Å². The van der Waals surface area contributed by atoms with Gasteiger partial charge in [-0.1, -0.05) is 26.7 Å². The topological polar surface area (TPSA) is 149 Å². The van der Waals surface area contributed by atoms with Gasteiger partial charge >= 0.3 is 17.9 Å². The number of fused-ring (bicyclic) bond motifs is 6. The van der Waals surface area contributed by atoms with Crippen LogP contribution in [-0.4, -0.2) is 78.2 Å². The zero-order valence-electron chi connectivity index (χ0n) is 29.0. The van der Waals surface area contributed by atoms with Gasteiger partial charge in [0.2, 0.25) is 0 Å². The first-order valence-corrected chi connectivity index (χ1v) is 19.0. The number of ether oxygens (including phenoxy) is 4. The SMILES string of the molecule is CC1CC2CC(O)CC(C(=O)OCC3(COC(=O)C45CC(C)CC(CC(O)C4)C5)COC(C4CC5CCCC(C(=O)O)(C5)C4)OC3)(C1)C2. The number of carboxylic acids is 1. The molecule has 0 radical (unpaired) electrons. The molecule has 0 aromatic heterocycles. The Labute approximate surface area is 285 Å². The third kappa shape index (κ3) is 6.69. The van der Waals surface area contributed by atoms with Gasteiger partial charge in [0.25, 0.3) is 0 Å². The van der Waals surface area contributed by atoms with E-state index in [1.54, 1.807) is 0 Å². The third-order valence-electron chi connectivity index (χ3n) is 13.8. The Bertz CT molecular complexity index is 1130. The van der Waals surface area contributed by atoms with Gasteiger partial charge in [-0.15, -0.1) is 0 Å². The van der Waals surface area contributed by atoms with Gasteiger partial charge in [0.05, 0.1) is 47.1 Å². The van der Waals surface area contributed by atoms with Crippen molar-refractivity contribution in [2.75, 3.05) is 26.4 Å². The Kier molecular flexibility index (Phi) is 9.46. The van der Waals surface area contributed by atoms with Crippen LogP contribution in [0.15, 0.2) is 0 Å². The van der Waals surface area contributed by atoms with Crippen LogP contribution >= 0.6 is 0 Å². The Hall–Kier alpha value is -1.75. The average Bonchev–Trinajstić information content (AvgIpc) is 3.01. The number of hydrogen-bond donors (Lipinski definition) is 3. The second-order valence-corrected chi connectivity index (χ2v) is 18.4. The van der Waals surface area contributed by atoms with E-state index >= 15 is 0 Å². The fourth-order valence-electron chi connectivity index (χ4n) is 12.3. The second kappa shape index (κ2) is 13.1. The number of carboxylic acid groups (broad SMARTS) is 1. The monoisotopic (exact) mass is 674 g/mol. The minimum Gasteiger partial charge on any atom is -0.481 e. The van der Waals surface area contributed by atoms with Crippen molar-refractivity contribution in [1.82, 2.24) is 0 Å². The maximum absolute atomic E-state index is 13.9. The molecule has 270 valence electrons. The van der Waals surface area contributed by atoms with Crippen molar-refractivity contribution in [1.29, 1.82) is 0 Å². The predicted octanol–water partition coefficient (Wildman–Crippen LogP) is 5.26. The summed E-state index contributed by atoms with van der Waals surface area (Å²) in [6, 6.07) is 0. The molecule has 0 aromatic carbocycles. The summed E-state index contributed by atoms with van der Waals surface area (Å²) in [6.07, 6.45) is 10.3. The molecule has 11 atom stereocenters. The molecule has 10 heteroatoms. The molecule has 1 saturated heterocycles. The van der Waals surface area contributed by atoms with Crippen molar-refractivity contribution in [3.05, 3.63) is 0 Å². The molecule has 7 aliphatic rings. The molecular formula is C38H58O10. The quantitative estimate of drug-likeness (QED) is 0.291. The van der Waals surface area contributed by atoms with Gasteiger partial charge in [-0.05, 0) is 119 Å². The molecule has 0 spiro atoms. The van der Waals surface area contributed by atoms with Crippen LogP contribution in [0.1, 0.15) is 117 Å². The van der Waals surface area contributed by atoms with Crippen molar-refractivity contribution in [3.63, 3.8) is 0 Å². The van der Waals surface area contributed by atoms with E-state index in [1.807, 2.05) is 0 Å². The molecule has 6 bridgehead atoms. The van der Waals surface area contributed by atoms with Crippen LogP contribution < -0.4 is 0 Å². The van der Waals surface area contributed by atoms with E-state index in [0.29, 0.717) is 74.5 Å². The zero-order chi connectivity index (χ0) is 33.9. The molecule has 0 amide bonds. The van der Waals surface area contributed by atoms with E-state index in [9.17, 15) is 29.7 Å². The Balaban J connectivity index is 1.06. The lowest BCUT2D eigenvalue weighted by molar-refractivity contribution is -0.275. The first-order valence-electron chi connectivity index (χ1n) is 19.0. The summed E-state index contributed by atoms with van der Waals surface area (Å²) in [4.78, 5) is 40.2. The average molecular weight is 675 g/mol. The summed E-state index contributed by atoms with van der Waals surface area (Å²) in [7, 11) is 0. The summed E-state index contributed by atoms with van der Waals surface area (Å²) in [5, 5.41) is 31.5. The van der Waals surface area contributed by atoms with E-state index < -0.39 is 46.1 Å². The van der Waals surface area contributed by atoms with Crippen molar-refractivity contribution in [2.45, 2.75) is 135 Å². The van der Waals surface area contributed by atoms with Crippen molar-refractivity contribution >= 4 is 17.9 Å². The van der Waals surface area contributed by atoms with E-state index in [2.05, 4.69) is 13.8 Å². The van der Waals surface area contributed by atoms with Crippen LogP contribution in [0, 0.1) is 57.2 Å². The lowest BCUT2D eigenvalue weighted by Crippen LogP contribution is -2.54. The number of carbonyl (C=O) groups is 3. The molecule has 1 heterocycles. The number of aliphatic hydroxyl groups excluding tert-OH is 2.